The minimum absolute atomic E-state index is 0.280. The molecule has 0 bridgehead atoms. The quantitative estimate of drug-likeness (QED) is 0.0344. The normalized spacial score (nSPS) is 13.7. The fourth-order valence-electron chi connectivity index (χ4n) is 6.01. The number of allylic oxidation sites excluding steroid dienone is 5. The van der Waals surface area contributed by atoms with E-state index >= 15 is 0 Å². The molecule has 7 heteroatoms. The lowest BCUT2D eigenvalue weighted by Crippen LogP contribution is -2.46. The van der Waals surface area contributed by atoms with E-state index in [0.717, 1.165) is 57.8 Å². The third-order valence-electron chi connectivity index (χ3n) is 9.06. The molecule has 1 amide bonds. The first-order valence-electron chi connectivity index (χ1n) is 20.2. The third kappa shape index (κ3) is 35.9. The lowest BCUT2D eigenvalue weighted by Gasteiger charge is -2.21. The zero-order chi connectivity index (χ0) is 35.4. The summed E-state index contributed by atoms with van der Waals surface area (Å²) in [6, 6.07) is -1.06. The van der Waals surface area contributed by atoms with Crippen LogP contribution < -0.4 is 5.32 Å². The number of unbranched alkanes of at least 4 members (excludes halogenated alkanes) is 24. The van der Waals surface area contributed by atoms with Crippen molar-refractivity contribution in [2.75, 3.05) is 5.75 Å². The van der Waals surface area contributed by atoms with Gasteiger partial charge >= 0.3 is 0 Å². The van der Waals surface area contributed by atoms with Crippen LogP contribution in [0.15, 0.2) is 36.5 Å². The summed E-state index contributed by atoms with van der Waals surface area (Å²) in [7, 11) is -4.35. The van der Waals surface area contributed by atoms with E-state index in [-0.39, 0.29) is 12.3 Å². The largest absolute Gasteiger partial charge is 0.387 e. The van der Waals surface area contributed by atoms with Gasteiger partial charge in [0.2, 0.25) is 5.91 Å². The van der Waals surface area contributed by atoms with Gasteiger partial charge in [0, 0.05) is 6.42 Å². The Morgan fingerprint density at radius 1 is 0.562 bits per heavy atom. The fraction of sp³-hybridized carbons (Fsp3) is 0.829. The molecule has 282 valence electrons. The summed E-state index contributed by atoms with van der Waals surface area (Å²) in [5, 5.41) is 13.2. The van der Waals surface area contributed by atoms with E-state index in [0.29, 0.717) is 6.42 Å². The van der Waals surface area contributed by atoms with Gasteiger partial charge in [-0.2, -0.15) is 8.42 Å². The van der Waals surface area contributed by atoms with E-state index in [4.69, 9.17) is 0 Å². The van der Waals surface area contributed by atoms with Crippen LogP contribution in [0, 0.1) is 0 Å². The molecule has 0 aromatic carbocycles. The molecule has 0 aliphatic heterocycles. The zero-order valence-electron chi connectivity index (χ0n) is 31.4. The Hall–Kier alpha value is -1.44. The molecule has 0 radical (unpaired) electrons. The van der Waals surface area contributed by atoms with Crippen LogP contribution in [0.3, 0.4) is 0 Å². The Labute approximate surface area is 297 Å². The molecular formula is C41H77NO5S. The standard InChI is InChI=1S/C41H77NO5S/c1-3-5-7-9-11-13-15-17-19-20-21-23-24-26-28-30-32-34-36-40(43)39(38-48(45,46)47)42-41(44)37-35-33-31-29-27-25-22-18-16-14-12-10-8-6-4-2/h12,14,18,22,34,36,39-40,43H,3-11,13,15-17,19-21,23-33,35,37-38H2,1-2H3,(H,42,44)(H,45,46,47)/b14-12-,22-18-,36-34+. The van der Waals surface area contributed by atoms with Crippen molar-refractivity contribution in [3.8, 4) is 0 Å². The maximum absolute atomic E-state index is 12.5. The van der Waals surface area contributed by atoms with Crippen LogP contribution in [0.1, 0.15) is 200 Å². The Morgan fingerprint density at radius 2 is 0.938 bits per heavy atom. The molecule has 0 fully saturated rings. The number of carbonyl (C=O) groups excluding carboxylic acids is 1. The van der Waals surface area contributed by atoms with Crippen LogP contribution in [-0.2, 0) is 14.9 Å². The third-order valence-corrected chi connectivity index (χ3v) is 9.84. The van der Waals surface area contributed by atoms with E-state index in [1.807, 2.05) is 6.08 Å². The van der Waals surface area contributed by atoms with Crippen LogP contribution >= 0.6 is 0 Å². The maximum atomic E-state index is 12.5. The average Bonchev–Trinajstić information content (AvgIpc) is 3.05. The predicted octanol–water partition coefficient (Wildman–Crippen LogP) is 11.7. The highest BCUT2D eigenvalue weighted by atomic mass is 32.2. The number of rotatable bonds is 36. The van der Waals surface area contributed by atoms with Gasteiger partial charge in [-0.3, -0.25) is 9.35 Å². The second-order valence-electron chi connectivity index (χ2n) is 13.9. The number of hydrogen-bond donors (Lipinski definition) is 3. The lowest BCUT2D eigenvalue weighted by atomic mass is 10.0. The van der Waals surface area contributed by atoms with Crippen molar-refractivity contribution >= 4 is 16.0 Å². The monoisotopic (exact) mass is 696 g/mol. The van der Waals surface area contributed by atoms with E-state index < -0.39 is 28.0 Å². The molecule has 0 spiro atoms. The van der Waals surface area contributed by atoms with Gasteiger partial charge in [-0.25, -0.2) is 0 Å². The molecule has 48 heavy (non-hydrogen) atoms. The van der Waals surface area contributed by atoms with Crippen LogP contribution in [0.5, 0.6) is 0 Å². The second-order valence-corrected chi connectivity index (χ2v) is 15.4. The van der Waals surface area contributed by atoms with Gasteiger partial charge in [0.05, 0.1) is 17.9 Å². The smallest absolute Gasteiger partial charge is 0.267 e. The number of aliphatic hydroxyl groups excluding tert-OH is 1. The van der Waals surface area contributed by atoms with Crippen LogP contribution in [0.25, 0.3) is 0 Å². The van der Waals surface area contributed by atoms with Crippen LogP contribution in [0.2, 0.25) is 0 Å². The van der Waals surface area contributed by atoms with E-state index in [1.165, 1.54) is 116 Å². The van der Waals surface area contributed by atoms with E-state index in [9.17, 15) is 22.9 Å². The second kappa shape index (κ2) is 35.4. The Bertz CT molecular complexity index is 899. The molecule has 0 heterocycles. The van der Waals surface area contributed by atoms with Gasteiger partial charge in [-0.1, -0.05) is 179 Å². The van der Waals surface area contributed by atoms with E-state index in [1.54, 1.807) is 6.08 Å². The summed E-state index contributed by atoms with van der Waals surface area (Å²) in [5.41, 5.74) is 0. The first kappa shape index (κ1) is 46.6. The SMILES string of the molecule is CCCCC/C=C\C/C=C\CCCCCCCC(=O)NC(CS(=O)(=O)O)C(O)/C=C/CCCCCCCCCCCCCCCCCC. The van der Waals surface area contributed by atoms with Crippen molar-refractivity contribution in [2.45, 2.75) is 212 Å². The van der Waals surface area contributed by atoms with Gasteiger partial charge in [0.15, 0.2) is 0 Å². The van der Waals surface area contributed by atoms with Gasteiger partial charge in [-0.15, -0.1) is 0 Å². The van der Waals surface area contributed by atoms with Gasteiger partial charge in [0.1, 0.15) is 0 Å². The van der Waals surface area contributed by atoms with Gasteiger partial charge in [0.25, 0.3) is 10.1 Å². The summed E-state index contributed by atoms with van der Waals surface area (Å²) in [5.74, 6) is -0.995. The summed E-state index contributed by atoms with van der Waals surface area (Å²) in [6.45, 7) is 4.49. The Morgan fingerprint density at radius 3 is 1.40 bits per heavy atom. The summed E-state index contributed by atoms with van der Waals surface area (Å²) < 4.78 is 32.4. The molecule has 0 aromatic rings. The number of nitrogens with one attached hydrogen (secondary N) is 1. The predicted molar refractivity (Wildman–Crippen MR) is 207 cm³/mol. The van der Waals surface area contributed by atoms with Crippen molar-refractivity contribution in [3.63, 3.8) is 0 Å². The molecule has 2 unspecified atom stereocenters. The zero-order valence-corrected chi connectivity index (χ0v) is 32.2. The molecule has 3 N–H and O–H groups in total. The molecule has 0 aromatic heterocycles. The van der Waals surface area contributed by atoms with Crippen molar-refractivity contribution in [2.24, 2.45) is 0 Å². The molecule has 2 atom stereocenters. The molecule has 0 saturated carbocycles. The van der Waals surface area contributed by atoms with Crippen molar-refractivity contribution < 1.29 is 22.9 Å². The van der Waals surface area contributed by atoms with Crippen LogP contribution in [-0.4, -0.2) is 41.9 Å². The number of carbonyl (C=O) groups is 1. The van der Waals surface area contributed by atoms with Gasteiger partial charge in [-0.05, 0) is 51.4 Å². The molecule has 0 saturated heterocycles. The highest BCUT2D eigenvalue weighted by Crippen LogP contribution is 2.15. The maximum Gasteiger partial charge on any atom is 0.267 e. The lowest BCUT2D eigenvalue weighted by molar-refractivity contribution is -0.122. The number of hydrogen-bond acceptors (Lipinski definition) is 4. The summed E-state index contributed by atoms with van der Waals surface area (Å²) in [6.07, 6.45) is 45.5. The fourth-order valence-corrected chi connectivity index (χ4v) is 6.74. The molecule has 0 aliphatic rings. The topological polar surface area (TPSA) is 104 Å². The molecule has 0 rings (SSSR count). The van der Waals surface area contributed by atoms with Crippen molar-refractivity contribution in [3.05, 3.63) is 36.5 Å². The minimum atomic E-state index is -4.35. The van der Waals surface area contributed by atoms with Gasteiger partial charge < -0.3 is 10.4 Å². The summed E-state index contributed by atoms with van der Waals surface area (Å²) >= 11 is 0. The Balaban J connectivity index is 3.95. The molecule has 6 nitrogen and oxygen atoms in total. The number of aliphatic hydroxyl groups is 1. The van der Waals surface area contributed by atoms with Crippen molar-refractivity contribution in [1.82, 2.24) is 5.32 Å². The minimum Gasteiger partial charge on any atom is -0.387 e. The Kier molecular flexibility index (Phi) is 34.3. The highest BCUT2D eigenvalue weighted by Gasteiger charge is 2.24. The molecular weight excluding hydrogens is 619 g/mol. The average molecular weight is 696 g/mol. The summed E-state index contributed by atoms with van der Waals surface area (Å²) in [4.78, 5) is 12.5. The van der Waals surface area contributed by atoms with E-state index in [2.05, 4.69) is 43.5 Å². The first-order valence-corrected chi connectivity index (χ1v) is 21.8. The highest BCUT2D eigenvalue weighted by molar-refractivity contribution is 7.85. The number of amides is 1. The van der Waals surface area contributed by atoms with Crippen molar-refractivity contribution in [1.29, 1.82) is 0 Å². The first-order chi connectivity index (χ1) is 23.3. The molecule has 0 aliphatic carbocycles. The van der Waals surface area contributed by atoms with Crippen LogP contribution in [0.4, 0.5) is 0 Å².